The smallest absolute Gasteiger partial charge is 0.268 e. The molecule has 0 N–H and O–H groups in total. The summed E-state index contributed by atoms with van der Waals surface area (Å²) >= 11 is 0. The Hall–Kier alpha value is -4.24. The summed E-state index contributed by atoms with van der Waals surface area (Å²) in [4.78, 5) is 14.8. The number of carbonyl (C=O) groups is 1. The van der Waals surface area contributed by atoms with Gasteiger partial charge >= 0.3 is 0 Å². The number of anilines is 1. The number of nitriles is 1. The van der Waals surface area contributed by atoms with E-state index in [-0.39, 0.29) is 11.5 Å². The van der Waals surface area contributed by atoms with E-state index in [1.54, 1.807) is 29.2 Å². The van der Waals surface area contributed by atoms with Crippen LogP contribution in [-0.4, -0.2) is 32.3 Å². The number of carbonyl (C=O) groups excluding carboxylic acids is 1. The fourth-order valence-electron chi connectivity index (χ4n) is 3.95. The average Bonchev–Trinajstić information content (AvgIpc) is 3.31. The number of nitrogens with zero attached hydrogens (tertiary/aromatic N) is 2. The topological polar surface area (TPSA) is 71.8 Å². The highest BCUT2D eigenvalue weighted by molar-refractivity contribution is 6.12. The third-order valence-corrected chi connectivity index (χ3v) is 5.69. The molecule has 0 unspecified atom stereocenters. The van der Waals surface area contributed by atoms with Gasteiger partial charge in [0.15, 0.2) is 11.5 Å². The van der Waals surface area contributed by atoms with Crippen molar-refractivity contribution in [2.45, 2.75) is 20.3 Å². The predicted octanol–water partition coefficient (Wildman–Crippen LogP) is 5.35. The SMILES string of the molecule is CCOc1cc(C=C(C#N)C(=O)N2CCc3ccccc32)ccc1OCCOc1ccc(C)cc1. The molecule has 0 radical (unpaired) electrons. The second-order valence-electron chi connectivity index (χ2n) is 8.15. The van der Waals surface area contributed by atoms with Crippen LogP contribution in [0.5, 0.6) is 17.2 Å². The molecule has 1 aliphatic heterocycles. The first-order valence-corrected chi connectivity index (χ1v) is 11.7. The number of ether oxygens (including phenoxy) is 3. The zero-order valence-corrected chi connectivity index (χ0v) is 20.0. The Morgan fingerprint density at radius 2 is 1.77 bits per heavy atom. The lowest BCUT2D eigenvalue weighted by Crippen LogP contribution is -2.29. The summed E-state index contributed by atoms with van der Waals surface area (Å²) < 4.78 is 17.4. The molecule has 0 bridgehead atoms. The number of benzene rings is 3. The van der Waals surface area contributed by atoms with Gasteiger partial charge in [0, 0.05) is 12.2 Å². The fraction of sp³-hybridized carbons (Fsp3) is 0.241. The van der Waals surface area contributed by atoms with Crippen molar-refractivity contribution in [1.82, 2.24) is 0 Å². The molecule has 0 saturated heterocycles. The molecule has 1 heterocycles. The molecule has 0 aromatic heterocycles. The van der Waals surface area contributed by atoms with Crippen molar-refractivity contribution < 1.29 is 19.0 Å². The van der Waals surface area contributed by atoms with Gasteiger partial charge in [-0.15, -0.1) is 0 Å². The maximum atomic E-state index is 13.1. The Bertz CT molecular complexity index is 1260. The first kappa shape index (κ1) is 23.9. The van der Waals surface area contributed by atoms with E-state index < -0.39 is 0 Å². The number of rotatable bonds is 9. The van der Waals surface area contributed by atoms with Crippen molar-refractivity contribution in [1.29, 1.82) is 5.26 Å². The molecule has 0 aliphatic carbocycles. The molecular formula is C29H28N2O4. The molecule has 0 spiro atoms. The van der Waals surface area contributed by atoms with Crippen LogP contribution in [0.1, 0.15) is 23.6 Å². The Morgan fingerprint density at radius 3 is 2.54 bits per heavy atom. The molecule has 0 atom stereocenters. The zero-order valence-electron chi connectivity index (χ0n) is 20.0. The average molecular weight is 469 g/mol. The molecule has 3 aromatic carbocycles. The van der Waals surface area contributed by atoms with Gasteiger partial charge in [0.1, 0.15) is 30.6 Å². The lowest BCUT2D eigenvalue weighted by molar-refractivity contribution is -0.114. The number of hydrogen-bond donors (Lipinski definition) is 0. The van der Waals surface area contributed by atoms with E-state index in [1.165, 1.54) is 5.56 Å². The summed E-state index contributed by atoms with van der Waals surface area (Å²) in [5.41, 5.74) is 3.92. The molecule has 1 aliphatic rings. The van der Waals surface area contributed by atoms with Crippen molar-refractivity contribution in [2.75, 3.05) is 31.3 Å². The third-order valence-electron chi connectivity index (χ3n) is 5.69. The molecule has 1 amide bonds. The Balaban J connectivity index is 1.44. The van der Waals surface area contributed by atoms with E-state index in [0.29, 0.717) is 43.4 Å². The number of para-hydroxylation sites is 1. The van der Waals surface area contributed by atoms with Crippen LogP contribution < -0.4 is 19.1 Å². The van der Waals surface area contributed by atoms with Crippen LogP contribution in [0.25, 0.3) is 6.08 Å². The monoisotopic (exact) mass is 468 g/mol. The van der Waals surface area contributed by atoms with E-state index >= 15 is 0 Å². The van der Waals surface area contributed by atoms with Gasteiger partial charge < -0.3 is 19.1 Å². The van der Waals surface area contributed by atoms with Crippen LogP contribution in [0.3, 0.4) is 0 Å². The minimum Gasteiger partial charge on any atom is -0.490 e. The molecular weight excluding hydrogens is 440 g/mol. The largest absolute Gasteiger partial charge is 0.490 e. The summed E-state index contributed by atoms with van der Waals surface area (Å²) in [6, 6.07) is 23.1. The normalized spacial score (nSPS) is 12.6. The quantitative estimate of drug-likeness (QED) is 0.241. The highest BCUT2D eigenvalue weighted by Gasteiger charge is 2.26. The molecule has 4 rings (SSSR count). The Kier molecular flexibility index (Phi) is 7.69. The number of amides is 1. The molecule has 3 aromatic rings. The van der Waals surface area contributed by atoms with Gasteiger partial charge in [0.05, 0.1) is 6.61 Å². The van der Waals surface area contributed by atoms with E-state index in [2.05, 4.69) is 6.07 Å². The van der Waals surface area contributed by atoms with Gasteiger partial charge in [0.2, 0.25) is 0 Å². The number of fused-ring (bicyclic) bond motifs is 1. The van der Waals surface area contributed by atoms with Gasteiger partial charge in [-0.2, -0.15) is 5.26 Å². The van der Waals surface area contributed by atoms with Gasteiger partial charge in [-0.3, -0.25) is 4.79 Å². The Labute approximate surface area is 206 Å². The van der Waals surface area contributed by atoms with E-state index in [4.69, 9.17) is 14.2 Å². The summed E-state index contributed by atoms with van der Waals surface area (Å²) in [5.74, 6) is 1.62. The summed E-state index contributed by atoms with van der Waals surface area (Å²) in [6.07, 6.45) is 2.38. The Morgan fingerprint density at radius 1 is 1.00 bits per heavy atom. The van der Waals surface area contributed by atoms with E-state index in [0.717, 1.165) is 23.4 Å². The zero-order chi connectivity index (χ0) is 24.6. The number of aryl methyl sites for hydroxylation is 1. The van der Waals surface area contributed by atoms with Crippen LogP contribution in [0, 0.1) is 18.3 Å². The maximum absolute atomic E-state index is 13.1. The second kappa shape index (κ2) is 11.3. The molecule has 0 saturated carbocycles. The van der Waals surface area contributed by atoms with Crippen LogP contribution >= 0.6 is 0 Å². The number of hydrogen-bond acceptors (Lipinski definition) is 5. The van der Waals surface area contributed by atoms with Crippen molar-refractivity contribution in [3.63, 3.8) is 0 Å². The minimum absolute atomic E-state index is 0.0734. The first-order valence-electron chi connectivity index (χ1n) is 11.7. The van der Waals surface area contributed by atoms with Crippen molar-refractivity contribution >= 4 is 17.7 Å². The summed E-state index contributed by atoms with van der Waals surface area (Å²) in [7, 11) is 0. The predicted molar refractivity (Wildman–Crippen MR) is 136 cm³/mol. The van der Waals surface area contributed by atoms with E-state index in [1.807, 2.05) is 62.4 Å². The van der Waals surface area contributed by atoms with Crippen LogP contribution in [-0.2, 0) is 11.2 Å². The highest BCUT2D eigenvalue weighted by atomic mass is 16.5. The minimum atomic E-state index is -0.302. The lowest BCUT2D eigenvalue weighted by atomic mass is 10.1. The van der Waals surface area contributed by atoms with Crippen molar-refractivity contribution in [2.24, 2.45) is 0 Å². The van der Waals surface area contributed by atoms with E-state index in [9.17, 15) is 10.1 Å². The van der Waals surface area contributed by atoms with Crippen molar-refractivity contribution in [3.05, 3.63) is 89.0 Å². The van der Waals surface area contributed by atoms with Crippen LogP contribution in [0.15, 0.2) is 72.3 Å². The molecule has 35 heavy (non-hydrogen) atoms. The maximum Gasteiger partial charge on any atom is 0.268 e. The fourth-order valence-corrected chi connectivity index (χ4v) is 3.95. The van der Waals surface area contributed by atoms with Gasteiger partial charge in [-0.1, -0.05) is 42.0 Å². The lowest BCUT2D eigenvalue weighted by Gasteiger charge is -2.17. The summed E-state index contributed by atoms with van der Waals surface area (Å²) in [6.45, 7) is 5.68. The third kappa shape index (κ3) is 5.82. The molecule has 0 fully saturated rings. The molecule has 6 heteroatoms. The van der Waals surface area contributed by atoms with Gasteiger partial charge in [0.25, 0.3) is 5.91 Å². The standard InChI is InChI=1S/C29H28N2O4/c1-3-33-28-19-22(10-13-27(28)35-17-16-34-25-11-8-21(2)9-12-25)18-24(20-30)29(32)31-15-14-23-6-4-5-7-26(23)31/h4-13,18-19H,3,14-17H2,1-2H3. The van der Waals surface area contributed by atoms with Crippen molar-refractivity contribution in [3.8, 4) is 23.3 Å². The second-order valence-corrected chi connectivity index (χ2v) is 8.15. The molecule has 6 nitrogen and oxygen atoms in total. The van der Waals surface area contributed by atoms with Crippen LogP contribution in [0.4, 0.5) is 5.69 Å². The van der Waals surface area contributed by atoms with Gasteiger partial charge in [-0.25, -0.2) is 0 Å². The molecule has 178 valence electrons. The first-order chi connectivity index (χ1) is 17.1. The van der Waals surface area contributed by atoms with Crippen LogP contribution in [0.2, 0.25) is 0 Å². The van der Waals surface area contributed by atoms with Gasteiger partial charge in [-0.05, 0) is 67.8 Å². The highest BCUT2D eigenvalue weighted by Crippen LogP contribution is 2.31. The summed E-state index contributed by atoms with van der Waals surface area (Å²) in [5, 5.41) is 9.71.